The summed E-state index contributed by atoms with van der Waals surface area (Å²) in [5.41, 5.74) is 6.41. The van der Waals surface area contributed by atoms with E-state index in [9.17, 15) is 4.79 Å². The molecule has 0 aliphatic rings. The Morgan fingerprint density at radius 2 is 1.86 bits per heavy atom. The Hall–Kier alpha value is -3.86. The van der Waals surface area contributed by atoms with Gasteiger partial charge in [0, 0.05) is 28.0 Å². The van der Waals surface area contributed by atoms with E-state index in [1.54, 1.807) is 6.20 Å². The zero-order chi connectivity index (χ0) is 19.1. The van der Waals surface area contributed by atoms with Crippen molar-refractivity contribution < 1.29 is 4.79 Å². The number of carbonyl (C=O) groups is 1. The van der Waals surface area contributed by atoms with Gasteiger partial charge in [0.25, 0.3) is 5.91 Å². The summed E-state index contributed by atoms with van der Waals surface area (Å²) in [7, 11) is 0. The van der Waals surface area contributed by atoms with Gasteiger partial charge in [-0.3, -0.25) is 9.89 Å². The van der Waals surface area contributed by atoms with E-state index in [0.29, 0.717) is 5.56 Å². The fourth-order valence-electron chi connectivity index (χ4n) is 3.66. The van der Waals surface area contributed by atoms with E-state index < -0.39 is 0 Å². The van der Waals surface area contributed by atoms with E-state index in [2.05, 4.69) is 44.8 Å². The van der Waals surface area contributed by atoms with Crippen molar-refractivity contribution in [3.05, 3.63) is 84.2 Å². The first-order valence-electron chi connectivity index (χ1n) is 9.11. The van der Waals surface area contributed by atoms with Gasteiger partial charge in [-0.1, -0.05) is 30.3 Å². The molecular formula is C23H18N4O. The second-order valence-electron chi connectivity index (χ2n) is 6.87. The van der Waals surface area contributed by atoms with Crippen LogP contribution in [0.3, 0.4) is 0 Å². The lowest BCUT2D eigenvalue weighted by Gasteiger charge is -2.11. The molecule has 0 spiro atoms. The third kappa shape index (κ3) is 2.65. The zero-order valence-corrected chi connectivity index (χ0v) is 15.3. The predicted molar refractivity (Wildman–Crippen MR) is 113 cm³/mol. The Kier molecular flexibility index (Phi) is 3.72. The summed E-state index contributed by atoms with van der Waals surface area (Å²) < 4.78 is 0. The summed E-state index contributed by atoms with van der Waals surface area (Å²) in [6, 6.07) is 19.9. The van der Waals surface area contributed by atoms with Gasteiger partial charge in [0.2, 0.25) is 0 Å². The van der Waals surface area contributed by atoms with E-state index in [0.717, 1.165) is 44.2 Å². The summed E-state index contributed by atoms with van der Waals surface area (Å²) in [6.07, 6.45) is 3.67. The van der Waals surface area contributed by atoms with Crippen molar-refractivity contribution in [2.45, 2.75) is 6.92 Å². The summed E-state index contributed by atoms with van der Waals surface area (Å²) in [5.74, 6) is -0.127. The average Bonchev–Trinajstić information content (AvgIpc) is 3.37. The second-order valence-corrected chi connectivity index (χ2v) is 6.87. The number of aromatic nitrogens is 3. The molecule has 0 radical (unpaired) electrons. The minimum atomic E-state index is -0.127. The van der Waals surface area contributed by atoms with E-state index in [4.69, 9.17) is 0 Å². The van der Waals surface area contributed by atoms with Crippen LogP contribution < -0.4 is 5.32 Å². The van der Waals surface area contributed by atoms with Crippen molar-refractivity contribution in [3.8, 4) is 11.1 Å². The first kappa shape index (κ1) is 16.3. The van der Waals surface area contributed by atoms with Crippen LogP contribution >= 0.6 is 0 Å². The highest BCUT2D eigenvalue weighted by Gasteiger charge is 2.14. The standard InChI is InChI=1S/C23H18N4O/c1-14-5-2-3-6-16(14)23(28)26-21-11-15(12-22-19(21)13-25-27-22)17-7-4-8-20-18(17)9-10-24-20/h2-13,24H,1H3,(H,25,27)(H,26,28). The zero-order valence-electron chi connectivity index (χ0n) is 15.3. The van der Waals surface area contributed by atoms with Crippen LogP contribution in [0.1, 0.15) is 15.9 Å². The fraction of sp³-hybridized carbons (Fsp3) is 0.0435. The van der Waals surface area contributed by atoms with Gasteiger partial charge in [0.05, 0.1) is 17.4 Å². The molecule has 0 aliphatic heterocycles. The lowest BCUT2D eigenvalue weighted by Crippen LogP contribution is -2.13. The highest BCUT2D eigenvalue weighted by atomic mass is 16.1. The molecule has 5 heteroatoms. The Balaban J connectivity index is 1.63. The SMILES string of the molecule is Cc1ccccc1C(=O)Nc1cc(-c2cccc3[nH]ccc23)cc2[nH]ncc12. The molecule has 3 N–H and O–H groups in total. The summed E-state index contributed by atoms with van der Waals surface area (Å²) in [6.45, 7) is 1.94. The number of aromatic amines is 2. The van der Waals surface area contributed by atoms with Crippen LogP contribution in [-0.4, -0.2) is 21.1 Å². The van der Waals surface area contributed by atoms with E-state index in [1.165, 1.54) is 0 Å². The number of aryl methyl sites for hydroxylation is 1. The maximum absolute atomic E-state index is 12.9. The molecule has 0 saturated heterocycles. The minimum absolute atomic E-state index is 0.127. The molecule has 0 aliphatic carbocycles. The molecular weight excluding hydrogens is 348 g/mol. The average molecular weight is 366 g/mol. The molecule has 0 atom stereocenters. The third-order valence-corrected chi connectivity index (χ3v) is 5.10. The molecule has 1 amide bonds. The number of nitrogens with one attached hydrogen (secondary N) is 3. The van der Waals surface area contributed by atoms with Gasteiger partial charge < -0.3 is 10.3 Å². The molecule has 136 valence electrons. The van der Waals surface area contributed by atoms with Crippen molar-refractivity contribution >= 4 is 33.4 Å². The Bertz CT molecular complexity index is 1330. The Morgan fingerprint density at radius 1 is 0.964 bits per heavy atom. The van der Waals surface area contributed by atoms with Crippen molar-refractivity contribution in [1.29, 1.82) is 0 Å². The summed E-state index contributed by atoms with van der Waals surface area (Å²) in [4.78, 5) is 16.1. The molecule has 0 unspecified atom stereocenters. The minimum Gasteiger partial charge on any atom is -0.361 e. The number of nitrogens with zero attached hydrogens (tertiary/aromatic N) is 1. The topological polar surface area (TPSA) is 73.6 Å². The van der Waals surface area contributed by atoms with Crippen molar-refractivity contribution in [3.63, 3.8) is 0 Å². The van der Waals surface area contributed by atoms with Crippen LogP contribution in [0.25, 0.3) is 32.9 Å². The third-order valence-electron chi connectivity index (χ3n) is 5.10. The summed E-state index contributed by atoms with van der Waals surface area (Å²) in [5, 5.41) is 12.3. The van der Waals surface area contributed by atoms with Crippen LogP contribution in [0.5, 0.6) is 0 Å². The van der Waals surface area contributed by atoms with E-state index in [1.807, 2.05) is 49.5 Å². The maximum Gasteiger partial charge on any atom is 0.255 e. The van der Waals surface area contributed by atoms with Crippen LogP contribution in [0.2, 0.25) is 0 Å². The number of amides is 1. The monoisotopic (exact) mass is 366 g/mol. The van der Waals surface area contributed by atoms with Crippen molar-refractivity contribution in [2.24, 2.45) is 0 Å². The summed E-state index contributed by atoms with van der Waals surface area (Å²) >= 11 is 0. The van der Waals surface area contributed by atoms with Gasteiger partial charge in [0.15, 0.2) is 0 Å². The molecule has 5 rings (SSSR count). The number of benzene rings is 3. The first-order chi connectivity index (χ1) is 13.7. The second kappa shape index (κ2) is 6.39. The molecule has 0 bridgehead atoms. The lowest BCUT2D eigenvalue weighted by molar-refractivity contribution is 0.102. The van der Waals surface area contributed by atoms with Crippen LogP contribution in [0.15, 0.2) is 73.1 Å². The Morgan fingerprint density at radius 3 is 2.75 bits per heavy atom. The van der Waals surface area contributed by atoms with Gasteiger partial charge in [-0.25, -0.2) is 0 Å². The van der Waals surface area contributed by atoms with Crippen molar-refractivity contribution in [2.75, 3.05) is 5.32 Å². The fourth-order valence-corrected chi connectivity index (χ4v) is 3.66. The first-order valence-corrected chi connectivity index (χ1v) is 9.11. The van der Waals surface area contributed by atoms with Gasteiger partial charge in [-0.2, -0.15) is 5.10 Å². The quantitative estimate of drug-likeness (QED) is 0.407. The largest absolute Gasteiger partial charge is 0.361 e. The predicted octanol–water partition coefficient (Wildman–Crippen LogP) is 5.27. The molecule has 2 heterocycles. The number of hydrogen-bond acceptors (Lipinski definition) is 2. The highest BCUT2D eigenvalue weighted by Crippen LogP contribution is 2.34. The molecule has 28 heavy (non-hydrogen) atoms. The normalized spacial score (nSPS) is 11.2. The molecule has 5 nitrogen and oxygen atoms in total. The number of rotatable bonds is 3. The number of anilines is 1. The van der Waals surface area contributed by atoms with E-state index >= 15 is 0 Å². The van der Waals surface area contributed by atoms with Crippen molar-refractivity contribution in [1.82, 2.24) is 15.2 Å². The van der Waals surface area contributed by atoms with Gasteiger partial charge in [-0.05, 0) is 53.9 Å². The van der Waals surface area contributed by atoms with Gasteiger partial charge in [0.1, 0.15) is 0 Å². The lowest BCUT2D eigenvalue weighted by atomic mass is 9.99. The van der Waals surface area contributed by atoms with Crippen LogP contribution in [-0.2, 0) is 0 Å². The van der Waals surface area contributed by atoms with Crippen LogP contribution in [0.4, 0.5) is 5.69 Å². The van der Waals surface area contributed by atoms with Crippen LogP contribution in [0, 0.1) is 6.92 Å². The van der Waals surface area contributed by atoms with Gasteiger partial charge >= 0.3 is 0 Å². The molecule has 0 saturated carbocycles. The number of hydrogen-bond donors (Lipinski definition) is 3. The highest BCUT2D eigenvalue weighted by molar-refractivity contribution is 6.10. The number of H-pyrrole nitrogens is 2. The van der Waals surface area contributed by atoms with Gasteiger partial charge in [-0.15, -0.1) is 0 Å². The maximum atomic E-state index is 12.9. The molecule has 3 aromatic carbocycles. The molecule has 2 aromatic heterocycles. The van der Waals surface area contributed by atoms with E-state index in [-0.39, 0.29) is 5.91 Å². The number of fused-ring (bicyclic) bond motifs is 2. The molecule has 5 aromatic rings. The molecule has 0 fully saturated rings. The Labute approximate surface area is 161 Å². The number of carbonyl (C=O) groups excluding carboxylic acids is 1. The smallest absolute Gasteiger partial charge is 0.255 e.